The molecule has 2 aromatic carbocycles. The van der Waals surface area contributed by atoms with E-state index in [-0.39, 0.29) is 24.2 Å². The van der Waals surface area contributed by atoms with Gasteiger partial charge >= 0.3 is 0 Å². The number of pyridine rings is 1. The van der Waals surface area contributed by atoms with E-state index in [0.29, 0.717) is 52.5 Å². The third kappa shape index (κ3) is 7.18. The summed E-state index contributed by atoms with van der Waals surface area (Å²) in [6.07, 6.45) is 0.640. The molecular weight excluding hydrogens is 591 g/mol. The third-order valence-corrected chi connectivity index (χ3v) is 8.49. The summed E-state index contributed by atoms with van der Waals surface area (Å²) in [7, 11) is -0.825. The van der Waals surface area contributed by atoms with Gasteiger partial charge in [-0.25, -0.2) is 22.8 Å². The Morgan fingerprint density at radius 2 is 1.77 bits per heavy atom. The zero-order valence-corrected chi connectivity index (χ0v) is 25.3. The number of methoxy groups -OCH3 is 1. The highest BCUT2D eigenvalue weighted by Gasteiger charge is 2.23. The molecular formula is C31H33FN4O7S. The van der Waals surface area contributed by atoms with E-state index >= 15 is 0 Å². The first-order chi connectivity index (χ1) is 21.2. The number of aliphatic hydroxyl groups excluding tert-OH is 1. The van der Waals surface area contributed by atoms with Gasteiger partial charge < -0.3 is 29.0 Å². The molecule has 11 nitrogen and oxygen atoms in total. The number of nitrogens with one attached hydrogen (secondary N) is 1. The van der Waals surface area contributed by atoms with E-state index in [1.54, 1.807) is 62.6 Å². The number of hydrogen-bond donors (Lipinski definition) is 2. The van der Waals surface area contributed by atoms with E-state index in [4.69, 9.17) is 18.9 Å². The van der Waals surface area contributed by atoms with Gasteiger partial charge in [0.25, 0.3) is 10.0 Å². The lowest BCUT2D eigenvalue weighted by Gasteiger charge is -2.17. The van der Waals surface area contributed by atoms with Crippen LogP contribution >= 0.6 is 0 Å². The number of H-pyrrole nitrogens is 1. The number of aromatic nitrogens is 2. The maximum absolute atomic E-state index is 13.3. The average Bonchev–Trinajstić information content (AvgIpc) is 3.72. The Hall–Kier alpha value is -4.46. The molecule has 2 aromatic heterocycles. The van der Waals surface area contributed by atoms with Crippen LogP contribution in [0.5, 0.6) is 23.0 Å². The average molecular weight is 625 g/mol. The summed E-state index contributed by atoms with van der Waals surface area (Å²) in [5.74, 6) is 2.12. The quantitative estimate of drug-likeness (QED) is 0.221. The van der Waals surface area contributed by atoms with Crippen molar-refractivity contribution >= 4 is 15.9 Å². The number of rotatable bonds is 13. The maximum Gasteiger partial charge on any atom is 0.260 e. The predicted molar refractivity (Wildman–Crippen MR) is 162 cm³/mol. The van der Waals surface area contributed by atoms with E-state index in [9.17, 15) is 17.9 Å². The van der Waals surface area contributed by atoms with Gasteiger partial charge in [0, 0.05) is 30.9 Å². The number of sulfonamides is 1. The highest BCUT2D eigenvalue weighted by Crippen LogP contribution is 2.33. The summed E-state index contributed by atoms with van der Waals surface area (Å²) in [6.45, 7) is 1.29. The Bertz CT molecular complexity index is 1710. The van der Waals surface area contributed by atoms with Gasteiger partial charge in [-0.05, 0) is 61.0 Å². The molecule has 2 atom stereocenters. The minimum absolute atomic E-state index is 0.105. The number of aliphatic imine (C=N–C) groups is 1. The van der Waals surface area contributed by atoms with Gasteiger partial charge in [0.2, 0.25) is 5.90 Å². The van der Waals surface area contributed by atoms with E-state index in [1.165, 1.54) is 29.7 Å². The second-order valence-corrected chi connectivity index (χ2v) is 12.2. The molecule has 4 aromatic rings. The largest absolute Gasteiger partial charge is 0.497 e. The Balaban J connectivity index is 1.34. The number of ether oxygens (including phenoxy) is 4. The summed E-state index contributed by atoms with van der Waals surface area (Å²) in [4.78, 5) is 11.8. The van der Waals surface area contributed by atoms with Crippen LogP contribution in [-0.4, -0.2) is 79.9 Å². The Morgan fingerprint density at radius 1 is 1.05 bits per heavy atom. The SMILES string of the molecule is COc1ccc(CN(C)S(=O)(=O)c2ccc(Oc3cc(O[C@@H](C)CF)cc(-c4ccc(C5=N[C@H](CO)CO5)[nH]4)c3)cn2)cc1. The standard InChI is InChI=1S/C31H33FN4O7S/c1-20(15-32)42-26-12-22(28-9-10-29(35-28)31-34-23(18-37)19-41-31)13-27(14-26)43-25-8-11-30(33-16-25)44(38,39)36(2)17-21-4-6-24(40-3)7-5-21/h4-14,16,20,23,35,37H,15,17-19H2,1-3H3/t20-,23+/m0/s1. The molecule has 1 aliphatic heterocycles. The fourth-order valence-electron chi connectivity index (χ4n) is 4.41. The zero-order valence-electron chi connectivity index (χ0n) is 24.4. The van der Waals surface area contributed by atoms with Crippen LogP contribution in [0, 0.1) is 0 Å². The van der Waals surface area contributed by atoms with Gasteiger partial charge in [-0.1, -0.05) is 12.1 Å². The van der Waals surface area contributed by atoms with Crippen molar-refractivity contribution in [1.82, 2.24) is 14.3 Å². The second kappa shape index (κ2) is 13.5. The van der Waals surface area contributed by atoms with E-state index in [1.807, 2.05) is 6.07 Å². The molecule has 5 rings (SSSR count). The molecule has 0 amide bonds. The smallest absolute Gasteiger partial charge is 0.260 e. The minimum Gasteiger partial charge on any atom is -0.497 e. The number of alkyl halides is 1. The fraction of sp³-hybridized carbons (Fsp3) is 0.290. The monoisotopic (exact) mass is 624 g/mol. The molecule has 0 unspecified atom stereocenters. The van der Waals surface area contributed by atoms with Crippen molar-refractivity contribution in [3.63, 3.8) is 0 Å². The van der Waals surface area contributed by atoms with E-state index < -0.39 is 22.8 Å². The molecule has 0 saturated heterocycles. The Labute approximate surface area is 255 Å². The molecule has 232 valence electrons. The first kappa shape index (κ1) is 31.0. The molecule has 0 bridgehead atoms. The van der Waals surface area contributed by atoms with Crippen LogP contribution in [0.2, 0.25) is 0 Å². The first-order valence-electron chi connectivity index (χ1n) is 13.8. The zero-order chi connectivity index (χ0) is 31.3. The second-order valence-electron chi connectivity index (χ2n) is 10.2. The van der Waals surface area contributed by atoms with Gasteiger partial charge in [0.15, 0.2) is 5.03 Å². The lowest BCUT2D eigenvalue weighted by Crippen LogP contribution is -2.27. The van der Waals surface area contributed by atoms with Crippen molar-refractivity contribution in [3.05, 3.63) is 84.2 Å². The molecule has 13 heteroatoms. The topological polar surface area (TPSA) is 136 Å². The minimum atomic E-state index is -3.88. The number of aliphatic hydroxyl groups is 1. The van der Waals surface area contributed by atoms with Gasteiger partial charge in [-0.15, -0.1) is 0 Å². The van der Waals surface area contributed by atoms with Crippen molar-refractivity contribution in [2.75, 3.05) is 34.0 Å². The Morgan fingerprint density at radius 3 is 2.43 bits per heavy atom. The van der Waals surface area contributed by atoms with Crippen LogP contribution in [0.1, 0.15) is 18.2 Å². The van der Waals surface area contributed by atoms with Crippen LogP contribution in [0.15, 0.2) is 82.9 Å². The number of benzene rings is 2. The maximum atomic E-state index is 13.3. The van der Waals surface area contributed by atoms with Crippen molar-refractivity contribution in [2.24, 2.45) is 4.99 Å². The van der Waals surface area contributed by atoms with E-state index in [2.05, 4.69) is 15.0 Å². The van der Waals surface area contributed by atoms with Crippen molar-refractivity contribution < 1.29 is 36.9 Å². The van der Waals surface area contributed by atoms with Gasteiger partial charge in [-0.3, -0.25) is 0 Å². The summed E-state index contributed by atoms with van der Waals surface area (Å²) in [6, 6.07) is 18.5. The van der Waals surface area contributed by atoms with Crippen LogP contribution < -0.4 is 14.2 Å². The predicted octanol–water partition coefficient (Wildman–Crippen LogP) is 4.57. The molecule has 1 aliphatic rings. The molecule has 0 fully saturated rings. The molecule has 3 heterocycles. The van der Waals surface area contributed by atoms with Crippen LogP contribution in [0.25, 0.3) is 11.3 Å². The first-order valence-corrected chi connectivity index (χ1v) is 15.2. The van der Waals surface area contributed by atoms with Crippen molar-refractivity contribution in [3.8, 4) is 34.3 Å². The van der Waals surface area contributed by atoms with Gasteiger partial charge in [-0.2, -0.15) is 4.31 Å². The number of hydrogen-bond acceptors (Lipinski definition) is 9. The normalized spacial score (nSPS) is 15.5. The van der Waals surface area contributed by atoms with Crippen molar-refractivity contribution in [2.45, 2.75) is 30.6 Å². The molecule has 0 radical (unpaired) electrons. The molecule has 0 aliphatic carbocycles. The highest BCUT2D eigenvalue weighted by molar-refractivity contribution is 7.89. The molecule has 0 spiro atoms. The van der Waals surface area contributed by atoms with Crippen molar-refractivity contribution in [1.29, 1.82) is 0 Å². The van der Waals surface area contributed by atoms with E-state index in [0.717, 1.165) is 5.56 Å². The van der Waals surface area contributed by atoms with Gasteiger partial charge in [0.05, 0.1) is 19.9 Å². The van der Waals surface area contributed by atoms with Crippen LogP contribution in [0.3, 0.4) is 0 Å². The van der Waals surface area contributed by atoms with Crippen LogP contribution in [-0.2, 0) is 21.3 Å². The lowest BCUT2D eigenvalue weighted by atomic mass is 10.1. The molecule has 44 heavy (non-hydrogen) atoms. The third-order valence-electron chi connectivity index (χ3n) is 6.77. The molecule has 0 saturated carbocycles. The van der Waals surface area contributed by atoms with Gasteiger partial charge in [0.1, 0.15) is 54.1 Å². The number of halogens is 1. The summed E-state index contributed by atoms with van der Waals surface area (Å²) in [5, 5.41) is 9.22. The lowest BCUT2D eigenvalue weighted by molar-refractivity contribution is 0.182. The highest BCUT2D eigenvalue weighted by atomic mass is 32.2. The van der Waals surface area contributed by atoms with Crippen LogP contribution in [0.4, 0.5) is 4.39 Å². The number of aromatic amines is 1. The molecule has 2 N–H and O–H groups in total. The summed E-state index contributed by atoms with van der Waals surface area (Å²) >= 11 is 0. The number of nitrogens with zero attached hydrogens (tertiary/aromatic N) is 3. The summed E-state index contributed by atoms with van der Waals surface area (Å²) < 4.78 is 63.3. The fourth-order valence-corrected chi connectivity index (χ4v) is 5.48. The Kier molecular flexibility index (Phi) is 9.47. The summed E-state index contributed by atoms with van der Waals surface area (Å²) in [5.41, 5.74) is 2.81.